The molecule has 1 rings (SSSR count). The Balaban J connectivity index is 0.00000121. The van der Waals surface area contributed by atoms with Crippen LogP contribution >= 0.6 is 12.4 Å². The highest BCUT2D eigenvalue weighted by atomic mass is 35.5. The first kappa shape index (κ1) is 10.6. The molecule has 0 aromatic heterocycles. The second-order valence-electron chi connectivity index (χ2n) is 2.08. The van der Waals surface area contributed by atoms with Crippen molar-refractivity contribution in [3.05, 3.63) is 23.8 Å². The number of carboxylic acid groups (broad SMARTS) is 1. The summed E-state index contributed by atoms with van der Waals surface area (Å²) in [6, 6.07) is 3.87. The van der Waals surface area contributed by atoms with Crippen molar-refractivity contribution in [2.45, 2.75) is 0 Å². The lowest BCUT2D eigenvalue weighted by molar-refractivity contribution is 0.0694. The Morgan fingerprint density at radius 1 is 1.42 bits per heavy atom. The van der Waals surface area contributed by atoms with Crippen LogP contribution in [0, 0.1) is 0 Å². The maximum atomic E-state index is 10.3. The maximum Gasteiger partial charge on any atom is 0.339 e. The van der Waals surface area contributed by atoms with Gasteiger partial charge in [-0.25, -0.2) is 4.79 Å². The predicted octanol–water partition coefficient (Wildman–Crippen LogP) is 1.09. The van der Waals surface area contributed by atoms with Gasteiger partial charge in [-0.3, -0.25) is 0 Å². The number of hydrogen-bond acceptors (Lipinski definition) is 3. The van der Waals surface area contributed by atoms with Gasteiger partial charge in [-0.1, -0.05) is 0 Å². The molecule has 0 atom stereocenters. The third-order valence-corrected chi connectivity index (χ3v) is 1.25. The van der Waals surface area contributed by atoms with Crippen LogP contribution in [-0.4, -0.2) is 16.2 Å². The van der Waals surface area contributed by atoms with Crippen LogP contribution in [0.5, 0.6) is 5.75 Å². The van der Waals surface area contributed by atoms with Crippen molar-refractivity contribution >= 4 is 24.1 Å². The number of phenols is 1. The summed E-state index contributed by atoms with van der Waals surface area (Å²) in [5, 5.41) is 17.5. The maximum absolute atomic E-state index is 10.3. The van der Waals surface area contributed by atoms with E-state index in [9.17, 15) is 4.79 Å². The number of aromatic carboxylic acids is 1. The molecule has 0 aliphatic rings. The molecule has 0 bridgehead atoms. The molecule has 0 radical (unpaired) electrons. The van der Waals surface area contributed by atoms with Crippen LogP contribution in [0.15, 0.2) is 18.2 Å². The molecule has 0 amide bonds. The van der Waals surface area contributed by atoms with Crippen LogP contribution in [-0.2, 0) is 0 Å². The summed E-state index contributed by atoms with van der Waals surface area (Å²) >= 11 is 0. The van der Waals surface area contributed by atoms with Crippen LogP contribution in [0.3, 0.4) is 0 Å². The van der Waals surface area contributed by atoms with Gasteiger partial charge in [0.05, 0.1) is 0 Å². The van der Waals surface area contributed by atoms with Gasteiger partial charge in [0.2, 0.25) is 0 Å². The number of nitrogens with two attached hydrogens (primary N) is 1. The number of anilines is 1. The number of carboxylic acids is 1. The van der Waals surface area contributed by atoms with E-state index in [1.807, 2.05) is 0 Å². The normalized spacial score (nSPS) is 8.67. The molecule has 0 spiro atoms. The van der Waals surface area contributed by atoms with Gasteiger partial charge in [0.25, 0.3) is 0 Å². The van der Waals surface area contributed by atoms with E-state index >= 15 is 0 Å². The van der Waals surface area contributed by atoms with Gasteiger partial charge in [0.1, 0.15) is 11.3 Å². The number of benzene rings is 1. The number of aromatic hydroxyl groups is 1. The van der Waals surface area contributed by atoms with E-state index in [1.165, 1.54) is 18.2 Å². The average molecular weight is 190 g/mol. The van der Waals surface area contributed by atoms with E-state index in [0.29, 0.717) is 5.69 Å². The predicted molar refractivity (Wildman–Crippen MR) is 46.7 cm³/mol. The highest BCUT2D eigenvalue weighted by molar-refractivity contribution is 5.91. The van der Waals surface area contributed by atoms with Gasteiger partial charge < -0.3 is 15.9 Å². The SMILES string of the molecule is Cl.Nc1ccc(C(=O)O)c(O)c1. The summed E-state index contributed by atoms with van der Waals surface area (Å²) < 4.78 is 0. The van der Waals surface area contributed by atoms with Gasteiger partial charge in [-0.05, 0) is 12.1 Å². The van der Waals surface area contributed by atoms with Crippen molar-refractivity contribution in [2.24, 2.45) is 0 Å². The molecule has 4 nitrogen and oxygen atoms in total. The fraction of sp³-hybridized carbons (Fsp3) is 0. The minimum absolute atomic E-state index is 0. The van der Waals surface area contributed by atoms with Gasteiger partial charge in [-0.15, -0.1) is 12.4 Å². The largest absolute Gasteiger partial charge is 0.507 e. The van der Waals surface area contributed by atoms with E-state index in [-0.39, 0.29) is 23.7 Å². The molecule has 0 saturated carbocycles. The highest BCUT2D eigenvalue weighted by Gasteiger charge is 2.07. The average Bonchev–Trinajstić information content (AvgIpc) is 1.85. The third-order valence-electron chi connectivity index (χ3n) is 1.25. The fourth-order valence-corrected chi connectivity index (χ4v) is 0.730. The molecule has 66 valence electrons. The molecule has 4 N–H and O–H groups in total. The lowest BCUT2D eigenvalue weighted by Crippen LogP contribution is -1.97. The Morgan fingerprint density at radius 3 is 2.42 bits per heavy atom. The summed E-state index contributed by atoms with van der Waals surface area (Å²) in [5.74, 6) is -1.47. The Hall–Kier alpha value is -1.42. The Morgan fingerprint density at radius 2 is 2.00 bits per heavy atom. The minimum Gasteiger partial charge on any atom is -0.507 e. The molecule has 1 aromatic rings. The number of rotatable bonds is 1. The number of hydrogen-bond donors (Lipinski definition) is 3. The fourth-order valence-electron chi connectivity index (χ4n) is 0.730. The van der Waals surface area contributed by atoms with Gasteiger partial charge in [-0.2, -0.15) is 0 Å². The van der Waals surface area contributed by atoms with Crippen LogP contribution in [0.1, 0.15) is 10.4 Å². The Bertz CT molecular complexity index is 301. The molecule has 12 heavy (non-hydrogen) atoms. The molecule has 1 aromatic carbocycles. The second kappa shape index (κ2) is 3.82. The first-order chi connectivity index (χ1) is 5.11. The molecule has 0 aliphatic heterocycles. The van der Waals surface area contributed by atoms with Gasteiger partial charge >= 0.3 is 5.97 Å². The third kappa shape index (κ3) is 2.03. The van der Waals surface area contributed by atoms with Crippen molar-refractivity contribution in [3.8, 4) is 5.75 Å². The quantitative estimate of drug-likeness (QED) is 0.578. The topological polar surface area (TPSA) is 83.6 Å². The van der Waals surface area contributed by atoms with Crippen molar-refractivity contribution in [1.82, 2.24) is 0 Å². The van der Waals surface area contributed by atoms with E-state index in [4.69, 9.17) is 15.9 Å². The summed E-state index contributed by atoms with van der Waals surface area (Å²) in [5.41, 5.74) is 5.48. The van der Waals surface area contributed by atoms with Gasteiger partial charge in [0, 0.05) is 11.8 Å². The molecule has 0 unspecified atom stereocenters. The highest BCUT2D eigenvalue weighted by Crippen LogP contribution is 2.19. The van der Waals surface area contributed by atoms with Crippen molar-refractivity contribution < 1.29 is 15.0 Å². The molecular formula is C7H8ClNO3. The molecule has 0 fully saturated rings. The molecule has 5 heteroatoms. The molecule has 0 saturated heterocycles. The number of halogens is 1. The van der Waals surface area contributed by atoms with Gasteiger partial charge in [0.15, 0.2) is 0 Å². The van der Waals surface area contributed by atoms with Crippen LogP contribution in [0.25, 0.3) is 0 Å². The van der Waals surface area contributed by atoms with Crippen LogP contribution in [0.2, 0.25) is 0 Å². The van der Waals surface area contributed by atoms with Crippen LogP contribution < -0.4 is 5.73 Å². The summed E-state index contributed by atoms with van der Waals surface area (Å²) in [7, 11) is 0. The first-order valence-corrected chi connectivity index (χ1v) is 2.93. The molecular weight excluding hydrogens is 182 g/mol. The second-order valence-corrected chi connectivity index (χ2v) is 2.08. The van der Waals surface area contributed by atoms with Crippen LogP contribution in [0.4, 0.5) is 5.69 Å². The van der Waals surface area contributed by atoms with E-state index < -0.39 is 5.97 Å². The smallest absolute Gasteiger partial charge is 0.339 e. The Labute approximate surface area is 75.0 Å². The van der Waals surface area contributed by atoms with Crippen molar-refractivity contribution in [2.75, 3.05) is 5.73 Å². The monoisotopic (exact) mass is 189 g/mol. The first-order valence-electron chi connectivity index (χ1n) is 2.93. The van der Waals surface area contributed by atoms with E-state index in [0.717, 1.165) is 0 Å². The number of nitrogen functional groups attached to an aromatic ring is 1. The lowest BCUT2D eigenvalue weighted by atomic mass is 10.2. The van der Waals surface area contributed by atoms with E-state index in [1.54, 1.807) is 0 Å². The number of carbonyl (C=O) groups is 1. The van der Waals surface area contributed by atoms with Crippen molar-refractivity contribution in [1.29, 1.82) is 0 Å². The molecule has 0 aliphatic carbocycles. The zero-order valence-corrected chi connectivity index (χ0v) is 6.84. The molecule has 0 heterocycles. The lowest BCUT2D eigenvalue weighted by Gasteiger charge is -1.98. The zero-order valence-electron chi connectivity index (χ0n) is 6.02. The van der Waals surface area contributed by atoms with Crippen molar-refractivity contribution in [3.63, 3.8) is 0 Å². The summed E-state index contributed by atoms with van der Waals surface area (Å²) in [6.07, 6.45) is 0. The Kier molecular flexibility index (Phi) is 3.37. The van der Waals surface area contributed by atoms with E-state index in [2.05, 4.69) is 0 Å². The summed E-state index contributed by atoms with van der Waals surface area (Å²) in [4.78, 5) is 10.3. The standard InChI is InChI=1S/C7H7NO3.ClH/c8-4-1-2-5(7(10)11)6(9)3-4;/h1-3,9H,8H2,(H,10,11);1H. The minimum atomic E-state index is -1.16. The summed E-state index contributed by atoms with van der Waals surface area (Å²) in [6.45, 7) is 0. The zero-order chi connectivity index (χ0) is 8.43.